The molecule has 1 atom stereocenters. The summed E-state index contributed by atoms with van der Waals surface area (Å²) in [6.07, 6.45) is 5.71. The number of amides is 1. The van der Waals surface area contributed by atoms with Crippen molar-refractivity contribution in [3.8, 4) is 33.9 Å². The second kappa shape index (κ2) is 10.3. The van der Waals surface area contributed by atoms with Gasteiger partial charge in [0.05, 0.1) is 38.7 Å². The van der Waals surface area contributed by atoms with Gasteiger partial charge in [-0.15, -0.1) is 0 Å². The summed E-state index contributed by atoms with van der Waals surface area (Å²) in [6, 6.07) is 19.2. The molecule has 0 aliphatic heterocycles. The number of aromatic nitrogens is 1. The number of methoxy groups -OCH3 is 2. The van der Waals surface area contributed by atoms with Crippen LogP contribution in [0.2, 0.25) is 0 Å². The number of rotatable bonds is 8. The number of H-pyrrole nitrogens is 1. The Morgan fingerprint density at radius 1 is 0.974 bits per heavy atom. The van der Waals surface area contributed by atoms with Gasteiger partial charge >= 0.3 is 0 Å². The molecular formula is C32H30N2O5. The number of carbonyl (C=O) groups is 1. The number of hydrogen-bond donors (Lipinski definition) is 3. The van der Waals surface area contributed by atoms with E-state index < -0.39 is 6.04 Å². The molecule has 2 aromatic heterocycles. The molecule has 1 aliphatic carbocycles. The molecule has 0 spiro atoms. The van der Waals surface area contributed by atoms with Crippen molar-refractivity contribution in [1.29, 1.82) is 0 Å². The maximum Gasteiger partial charge on any atom is 0.252 e. The summed E-state index contributed by atoms with van der Waals surface area (Å²) in [5.41, 5.74) is 7.56. The Morgan fingerprint density at radius 3 is 2.46 bits per heavy atom. The number of aliphatic hydroxyl groups is 1. The minimum Gasteiger partial charge on any atom is -0.493 e. The fourth-order valence-corrected chi connectivity index (χ4v) is 5.56. The molecule has 7 nitrogen and oxygen atoms in total. The number of fused-ring (bicyclic) bond motifs is 4. The van der Waals surface area contributed by atoms with E-state index in [4.69, 9.17) is 13.9 Å². The normalized spacial score (nSPS) is 13.0. The minimum absolute atomic E-state index is 0.188. The number of benzene rings is 3. The van der Waals surface area contributed by atoms with E-state index >= 15 is 0 Å². The third kappa shape index (κ3) is 4.55. The topological polar surface area (TPSA) is 96.7 Å². The number of para-hydroxylation sites is 1. The summed E-state index contributed by atoms with van der Waals surface area (Å²) >= 11 is 0. The Bertz CT molecular complexity index is 1650. The molecule has 6 rings (SSSR count). The van der Waals surface area contributed by atoms with Gasteiger partial charge in [0.1, 0.15) is 5.76 Å². The van der Waals surface area contributed by atoms with Crippen LogP contribution in [0.4, 0.5) is 0 Å². The van der Waals surface area contributed by atoms with Crippen LogP contribution in [0.25, 0.3) is 33.4 Å². The molecule has 7 heteroatoms. The van der Waals surface area contributed by atoms with Crippen LogP contribution in [0.1, 0.15) is 27.0 Å². The predicted molar refractivity (Wildman–Crippen MR) is 150 cm³/mol. The lowest BCUT2D eigenvalue weighted by atomic mass is 9.82. The predicted octanol–water partition coefficient (Wildman–Crippen LogP) is 5.54. The largest absolute Gasteiger partial charge is 0.493 e. The standard InChI is InChI=1S/C32H30N2O5/c1-37-30-14-20-10-9-19-13-26(29-8-5-11-39-29)27(15-24(19)25(20)16-31(30)38-2)32(36)34-22(18-35)12-21-17-33-28-7-4-3-6-23(21)28/h3-8,11,13-17,22,33,35H,9-10,12,18H2,1-2H3,(H,34,36). The number of aromatic amines is 1. The minimum atomic E-state index is -0.464. The van der Waals surface area contributed by atoms with Crippen LogP contribution >= 0.6 is 0 Å². The lowest BCUT2D eigenvalue weighted by Gasteiger charge is -2.24. The molecule has 198 valence electrons. The Morgan fingerprint density at radius 2 is 1.72 bits per heavy atom. The Balaban J connectivity index is 1.38. The van der Waals surface area contributed by atoms with E-state index in [-0.39, 0.29) is 12.5 Å². The van der Waals surface area contributed by atoms with Gasteiger partial charge in [-0.1, -0.05) is 18.2 Å². The first-order chi connectivity index (χ1) is 19.1. The van der Waals surface area contributed by atoms with Crippen LogP contribution in [0.15, 0.2) is 77.5 Å². The SMILES string of the molecule is COc1cc2c(cc1OC)-c1cc(C(=O)NC(CO)Cc3c[nH]c4ccccc34)c(-c3ccco3)cc1CC2. The zero-order valence-electron chi connectivity index (χ0n) is 21.9. The number of aliphatic hydroxyl groups excluding tert-OH is 1. The summed E-state index contributed by atoms with van der Waals surface area (Å²) in [4.78, 5) is 17.1. The Hall–Kier alpha value is -4.49. The fourth-order valence-electron chi connectivity index (χ4n) is 5.56. The molecular weight excluding hydrogens is 492 g/mol. The van der Waals surface area contributed by atoms with E-state index in [1.165, 1.54) is 0 Å². The van der Waals surface area contributed by atoms with Crippen molar-refractivity contribution in [3.63, 3.8) is 0 Å². The molecule has 0 saturated carbocycles. The van der Waals surface area contributed by atoms with Crippen molar-refractivity contribution in [2.24, 2.45) is 0 Å². The molecule has 39 heavy (non-hydrogen) atoms. The maximum atomic E-state index is 13.8. The highest BCUT2D eigenvalue weighted by atomic mass is 16.5. The number of furan rings is 1. The van der Waals surface area contributed by atoms with Crippen LogP contribution in [0.5, 0.6) is 11.5 Å². The van der Waals surface area contributed by atoms with Crippen molar-refractivity contribution in [2.45, 2.75) is 25.3 Å². The maximum absolute atomic E-state index is 13.8. The molecule has 0 bridgehead atoms. The molecule has 1 unspecified atom stereocenters. The van der Waals surface area contributed by atoms with Crippen molar-refractivity contribution in [3.05, 3.63) is 95.4 Å². The molecule has 3 aromatic carbocycles. The molecule has 0 saturated heterocycles. The number of carbonyl (C=O) groups excluding carboxylic acids is 1. The quantitative estimate of drug-likeness (QED) is 0.249. The average Bonchev–Trinajstić information content (AvgIpc) is 3.66. The van der Waals surface area contributed by atoms with Gasteiger partial charge in [-0.25, -0.2) is 0 Å². The first-order valence-corrected chi connectivity index (χ1v) is 13.0. The molecule has 1 aliphatic rings. The van der Waals surface area contributed by atoms with E-state index in [0.717, 1.165) is 57.1 Å². The summed E-state index contributed by atoms with van der Waals surface area (Å²) in [5.74, 6) is 1.69. The third-order valence-electron chi connectivity index (χ3n) is 7.53. The van der Waals surface area contributed by atoms with Gasteiger partial charge in [-0.3, -0.25) is 4.79 Å². The average molecular weight is 523 g/mol. The molecule has 1 amide bonds. The highest BCUT2D eigenvalue weighted by molar-refractivity contribution is 6.02. The highest BCUT2D eigenvalue weighted by Gasteiger charge is 2.26. The Labute approximate surface area is 226 Å². The van der Waals surface area contributed by atoms with Crippen LogP contribution in [-0.4, -0.2) is 42.9 Å². The van der Waals surface area contributed by atoms with Crippen molar-refractivity contribution >= 4 is 16.8 Å². The van der Waals surface area contributed by atoms with E-state index in [2.05, 4.69) is 16.4 Å². The van der Waals surface area contributed by atoms with E-state index in [9.17, 15) is 9.90 Å². The number of ether oxygens (including phenoxy) is 2. The second-order valence-electron chi connectivity index (χ2n) is 9.81. The summed E-state index contributed by atoms with van der Waals surface area (Å²) in [6.45, 7) is -0.188. The van der Waals surface area contributed by atoms with Gasteiger partial charge in [0.2, 0.25) is 0 Å². The van der Waals surface area contributed by atoms with E-state index in [0.29, 0.717) is 29.2 Å². The second-order valence-corrected chi connectivity index (χ2v) is 9.81. The van der Waals surface area contributed by atoms with Crippen LogP contribution in [0, 0.1) is 0 Å². The van der Waals surface area contributed by atoms with Crippen LogP contribution in [0.3, 0.4) is 0 Å². The van der Waals surface area contributed by atoms with Crippen LogP contribution < -0.4 is 14.8 Å². The van der Waals surface area contributed by atoms with Crippen molar-refractivity contribution < 1.29 is 23.8 Å². The van der Waals surface area contributed by atoms with Gasteiger partial charge < -0.3 is 29.3 Å². The fraction of sp³-hybridized carbons (Fsp3) is 0.219. The number of hydrogen-bond acceptors (Lipinski definition) is 5. The number of aryl methyl sites for hydroxylation is 2. The highest BCUT2D eigenvalue weighted by Crippen LogP contribution is 2.42. The van der Waals surface area contributed by atoms with Gasteiger partial charge in [0, 0.05) is 22.7 Å². The summed E-state index contributed by atoms with van der Waals surface area (Å²) in [5, 5.41) is 14.4. The third-order valence-corrected chi connectivity index (χ3v) is 7.53. The molecule has 3 N–H and O–H groups in total. The number of nitrogens with one attached hydrogen (secondary N) is 2. The first-order valence-electron chi connectivity index (χ1n) is 13.0. The molecule has 5 aromatic rings. The first kappa shape index (κ1) is 24.8. The van der Waals surface area contributed by atoms with E-state index in [1.54, 1.807) is 20.5 Å². The Kier molecular flexibility index (Phi) is 6.59. The van der Waals surface area contributed by atoms with Gasteiger partial charge in [-0.05, 0) is 89.5 Å². The lowest BCUT2D eigenvalue weighted by molar-refractivity contribution is 0.0917. The smallest absolute Gasteiger partial charge is 0.252 e. The van der Waals surface area contributed by atoms with Crippen LogP contribution in [-0.2, 0) is 19.3 Å². The monoisotopic (exact) mass is 522 g/mol. The van der Waals surface area contributed by atoms with Crippen molar-refractivity contribution in [1.82, 2.24) is 10.3 Å². The summed E-state index contributed by atoms with van der Waals surface area (Å²) in [7, 11) is 3.25. The van der Waals surface area contributed by atoms with Gasteiger partial charge in [0.15, 0.2) is 11.5 Å². The van der Waals surface area contributed by atoms with Gasteiger partial charge in [-0.2, -0.15) is 0 Å². The zero-order valence-corrected chi connectivity index (χ0v) is 21.9. The molecule has 2 heterocycles. The molecule has 0 fully saturated rings. The lowest BCUT2D eigenvalue weighted by Crippen LogP contribution is -2.39. The van der Waals surface area contributed by atoms with Crippen molar-refractivity contribution in [2.75, 3.05) is 20.8 Å². The molecule has 0 radical (unpaired) electrons. The van der Waals surface area contributed by atoms with E-state index in [1.807, 2.05) is 60.8 Å². The zero-order chi connectivity index (χ0) is 26.9. The summed E-state index contributed by atoms with van der Waals surface area (Å²) < 4.78 is 16.8. The van der Waals surface area contributed by atoms with Gasteiger partial charge in [0.25, 0.3) is 5.91 Å².